The zero-order valence-electron chi connectivity index (χ0n) is 11.8. The van der Waals surface area contributed by atoms with Gasteiger partial charge in [-0.2, -0.15) is 13.2 Å². The topological polar surface area (TPSA) is 29.1 Å². The van der Waals surface area contributed by atoms with Crippen molar-refractivity contribution in [2.24, 2.45) is 0 Å². The molecule has 122 valence electrons. The molecule has 0 unspecified atom stereocenters. The van der Waals surface area contributed by atoms with E-state index in [0.717, 1.165) is 12.1 Å². The van der Waals surface area contributed by atoms with Gasteiger partial charge < -0.3 is 5.32 Å². The van der Waals surface area contributed by atoms with Crippen LogP contribution in [0.4, 0.5) is 13.2 Å². The molecule has 2 nitrogen and oxygen atoms in total. The molecule has 0 aliphatic rings. The first kappa shape index (κ1) is 17.6. The van der Waals surface area contributed by atoms with E-state index in [1.54, 1.807) is 18.2 Å². The monoisotopic (exact) mass is 361 g/mol. The highest BCUT2D eigenvalue weighted by Crippen LogP contribution is 2.29. The minimum absolute atomic E-state index is 0.0179. The van der Waals surface area contributed by atoms with Gasteiger partial charge in [0.05, 0.1) is 22.0 Å². The molecule has 2 aromatic rings. The van der Waals surface area contributed by atoms with Crippen molar-refractivity contribution in [3.05, 3.63) is 69.2 Å². The van der Waals surface area contributed by atoms with Gasteiger partial charge in [-0.3, -0.25) is 4.79 Å². The Morgan fingerprint density at radius 3 is 2.39 bits per heavy atom. The number of nitrogens with one attached hydrogen (secondary N) is 1. The van der Waals surface area contributed by atoms with Gasteiger partial charge >= 0.3 is 6.18 Å². The summed E-state index contributed by atoms with van der Waals surface area (Å²) in [4.78, 5) is 11.9. The summed E-state index contributed by atoms with van der Waals surface area (Å²) >= 11 is 11.6. The van der Waals surface area contributed by atoms with Crippen LogP contribution in [0.1, 0.15) is 16.7 Å². The van der Waals surface area contributed by atoms with Gasteiger partial charge in [-0.25, -0.2) is 0 Å². The van der Waals surface area contributed by atoms with Gasteiger partial charge in [-0.1, -0.05) is 41.4 Å². The van der Waals surface area contributed by atoms with Crippen LogP contribution in [0.3, 0.4) is 0 Å². The van der Waals surface area contributed by atoms with Crippen LogP contribution in [-0.2, 0) is 23.9 Å². The molecule has 2 aromatic carbocycles. The van der Waals surface area contributed by atoms with E-state index in [0.29, 0.717) is 21.2 Å². The molecular formula is C16H12Cl2F3NO. The lowest BCUT2D eigenvalue weighted by molar-refractivity contribution is -0.137. The standard InChI is InChI=1S/C16H12Cl2F3NO/c17-13-5-4-10(7-14(13)18)8-15(23)22-9-11-2-1-3-12(6-11)16(19,20)21/h1-7H,8-9H2,(H,22,23). The Labute approximate surface area is 141 Å². The van der Waals surface area contributed by atoms with Crippen molar-refractivity contribution in [2.45, 2.75) is 19.1 Å². The molecule has 0 aliphatic carbocycles. The summed E-state index contributed by atoms with van der Waals surface area (Å²) < 4.78 is 37.8. The minimum atomic E-state index is -4.40. The van der Waals surface area contributed by atoms with Crippen molar-refractivity contribution in [3.63, 3.8) is 0 Å². The van der Waals surface area contributed by atoms with Gasteiger partial charge in [0.15, 0.2) is 0 Å². The highest BCUT2D eigenvalue weighted by molar-refractivity contribution is 6.42. The van der Waals surface area contributed by atoms with Crippen molar-refractivity contribution >= 4 is 29.1 Å². The normalized spacial score (nSPS) is 11.3. The molecule has 0 aromatic heterocycles. The minimum Gasteiger partial charge on any atom is -0.352 e. The molecule has 1 N–H and O–H groups in total. The summed E-state index contributed by atoms with van der Waals surface area (Å²) in [6.45, 7) is 0.0179. The largest absolute Gasteiger partial charge is 0.416 e. The molecular weight excluding hydrogens is 350 g/mol. The van der Waals surface area contributed by atoms with E-state index in [4.69, 9.17) is 23.2 Å². The molecule has 0 aliphatic heterocycles. The molecule has 0 bridgehead atoms. The number of rotatable bonds is 4. The second kappa shape index (κ2) is 7.23. The molecule has 0 saturated heterocycles. The van der Waals surface area contributed by atoms with E-state index < -0.39 is 11.7 Å². The lowest BCUT2D eigenvalue weighted by Gasteiger charge is -2.10. The Kier molecular flexibility index (Phi) is 5.55. The number of hydrogen-bond donors (Lipinski definition) is 1. The van der Waals surface area contributed by atoms with E-state index in [2.05, 4.69) is 5.32 Å². The maximum Gasteiger partial charge on any atom is 0.416 e. The SMILES string of the molecule is O=C(Cc1ccc(Cl)c(Cl)c1)NCc1cccc(C(F)(F)F)c1. The lowest BCUT2D eigenvalue weighted by atomic mass is 10.1. The van der Waals surface area contributed by atoms with E-state index in [1.807, 2.05) is 0 Å². The molecule has 2 rings (SSSR count). The maximum absolute atomic E-state index is 12.6. The van der Waals surface area contributed by atoms with E-state index in [1.165, 1.54) is 12.1 Å². The predicted octanol–water partition coefficient (Wildman–Crippen LogP) is 4.87. The Hall–Kier alpha value is -1.72. The van der Waals surface area contributed by atoms with Crippen LogP contribution in [0.15, 0.2) is 42.5 Å². The fourth-order valence-electron chi connectivity index (χ4n) is 1.96. The zero-order chi connectivity index (χ0) is 17.0. The van der Waals surface area contributed by atoms with Crippen LogP contribution in [0.5, 0.6) is 0 Å². The molecule has 0 saturated carbocycles. The number of benzene rings is 2. The van der Waals surface area contributed by atoms with Crippen molar-refractivity contribution in [3.8, 4) is 0 Å². The Bertz CT molecular complexity index is 717. The van der Waals surface area contributed by atoms with Crippen LogP contribution in [0.25, 0.3) is 0 Å². The summed E-state index contributed by atoms with van der Waals surface area (Å²) in [5, 5.41) is 3.31. The number of hydrogen-bond acceptors (Lipinski definition) is 1. The van der Waals surface area contributed by atoms with Crippen molar-refractivity contribution in [1.29, 1.82) is 0 Å². The van der Waals surface area contributed by atoms with E-state index >= 15 is 0 Å². The summed E-state index contributed by atoms with van der Waals surface area (Å²) in [7, 11) is 0. The van der Waals surface area contributed by atoms with Gasteiger partial charge in [0.25, 0.3) is 0 Å². The molecule has 0 radical (unpaired) electrons. The first-order chi connectivity index (χ1) is 10.8. The Balaban J connectivity index is 1.95. The third-order valence-corrected chi connectivity index (χ3v) is 3.83. The number of halogens is 5. The third-order valence-electron chi connectivity index (χ3n) is 3.09. The summed E-state index contributed by atoms with van der Waals surface area (Å²) in [5.74, 6) is -0.319. The zero-order valence-corrected chi connectivity index (χ0v) is 13.3. The summed E-state index contributed by atoms with van der Waals surface area (Å²) in [6, 6.07) is 9.66. The molecule has 0 spiro atoms. The highest BCUT2D eigenvalue weighted by atomic mass is 35.5. The number of amides is 1. The Morgan fingerprint density at radius 2 is 1.74 bits per heavy atom. The molecule has 7 heteroatoms. The number of alkyl halides is 3. The fraction of sp³-hybridized carbons (Fsp3) is 0.188. The molecule has 1 amide bonds. The van der Waals surface area contributed by atoms with Gasteiger partial charge in [-0.15, -0.1) is 0 Å². The molecule has 23 heavy (non-hydrogen) atoms. The molecule has 0 atom stereocenters. The van der Waals surface area contributed by atoms with Gasteiger partial charge in [0, 0.05) is 6.54 Å². The van der Waals surface area contributed by atoms with Gasteiger partial charge in [-0.05, 0) is 35.4 Å². The van der Waals surface area contributed by atoms with Crippen LogP contribution in [0.2, 0.25) is 10.0 Å². The quantitative estimate of drug-likeness (QED) is 0.826. The number of carbonyl (C=O) groups is 1. The summed E-state index contributed by atoms with van der Waals surface area (Å²) in [6.07, 6.45) is -4.34. The summed E-state index contributed by atoms with van der Waals surface area (Å²) in [5.41, 5.74) is 0.303. The maximum atomic E-state index is 12.6. The van der Waals surface area contributed by atoms with Crippen LogP contribution in [0, 0.1) is 0 Å². The lowest BCUT2D eigenvalue weighted by Crippen LogP contribution is -2.24. The third kappa shape index (κ3) is 5.15. The first-order valence-corrected chi connectivity index (χ1v) is 7.38. The van der Waals surface area contributed by atoms with Crippen molar-refractivity contribution in [1.82, 2.24) is 5.32 Å². The molecule has 0 fully saturated rings. The van der Waals surface area contributed by atoms with E-state index in [9.17, 15) is 18.0 Å². The number of carbonyl (C=O) groups excluding carboxylic acids is 1. The van der Waals surface area contributed by atoms with Gasteiger partial charge in [0.2, 0.25) is 5.91 Å². The highest BCUT2D eigenvalue weighted by Gasteiger charge is 2.30. The fourth-order valence-corrected chi connectivity index (χ4v) is 2.28. The van der Waals surface area contributed by atoms with Crippen molar-refractivity contribution < 1.29 is 18.0 Å². The average Bonchev–Trinajstić information content (AvgIpc) is 2.48. The smallest absolute Gasteiger partial charge is 0.352 e. The first-order valence-electron chi connectivity index (χ1n) is 6.62. The van der Waals surface area contributed by atoms with Gasteiger partial charge in [0.1, 0.15) is 0 Å². The predicted molar refractivity (Wildman–Crippen MR) is 83.5 cm³/mol. The van der Waals surface area contributed by atoms with Crippen LogP contribution < -0.4 is 5.32 Å². The average molecular weight is 362 g/mol. The second-order valence-electron chi connectivity index (χ2n) is 4.90. The van der Waals surface area contributed by atoms with Crippen LogP contribution in [-0.4, -0.2) is 5.91 Å². The second-order valence-corrected chi connectivity index (χ2v) is 5.71. The molecule has 0 heterocycles. The van der Waals surface area contributed by atoms with Crippen molar-refractivity contribution in [2.75, 3.05) is 0 Å². The van der Waals surface area contributed by atoms with Crippen LogP contribution >= 0.6 is 23.2 Å². The Morgan fingerprint density at radius 1 is 1.00 bits per heavy atom. The van der Waals surface area contributed by atoms with E-state index in [-0.39, 0.29) is 18.9 Å².